The Hall–Kier alpha value is -2.69. The standard InChI is InChI=1S/C16H18N2O3/c1-3-20-14-10-11(9-13(18-2)15(14)17)16(19)21-12-7-5-4-6-8-12/h4-10,18H,3,17H2,1-2H3. The van der Waals surface area contributed by atoms with Gasteiger partial charge in [0, 0.05) is 7.05 Å². The molecule has 0 aromatic heterocycles. The van der Waals surface area contributed by atoms with Crippen LogP contribution >= 0.6 is 0 Å². The van der Waals surface area contributed by atoms with Crippen LogP contribution < -0.4 is 20.5 Å². The molecule has 0 fully saturated rings. The third kappa shape index (κ3) is 3.45. The van der Waals surface area contributed by atoms with Gasteiger partial charge in [-0.1, -0.05) is 18.2 Å². The highest BCUT2D eigenvalue weighted by Crippen LogP contribution is 2.31. The normalized spacial score (nSPS) is 10.0. The zero-order chi connectivity index (χ0) is 15.2. The lowest BCUT2D eigenvalue weighted by atomic mass is 10.1. The van der Waals surface area contributed by atoms with Crippen LogP contribution in [0.25, 0.3) is 0 Å². The molecule has 0 aliphatic carbocycles. The Morgan fingerprint density at radius 3 is 2.57 bits per heavy atom. The van der Waals surface area contributed by atoms with Crippen LogP contribution in [-0.2, 0) is 0 Å². The van der Waals surface area contributed by atoms with E-state index in [1.807, 2.05) is 13.0 Å². The molecule has 0 unspecified atom stereocenters. The van der Waals surface area contributed by atoms with Gasteiger partial charge in [0.1, 0.15) is 11.5 Å². The number of ether oxygens (including phenoxy) is 2. The molecule has 0 radical (unpaired) electrons. The molecule has 0 aliphatic heterocycles. The number of rotatable bonds is 5. The van der Waals surface area contributed by atoms with E-state index in [4.69, 9.17) is 15.2 Å². The first-order valence-electron chi connectivity index (χ1n) is 6.67. The van der Waals surface area contributed by atoms with Crippen LogP contribution in [0.1, 0.15) is 17.3 Å². The minimum absolute atomic E-state index is 0.376. The highest BCUT2D eigenvalue weighted by molar-refractivity contribution is 5.94. The molecule has 0 saturated heterocycles. The van der Waals surface area contributed by atoms with Crippen molar-refractivity contribution in [2.75, 3.05) is 24.7 Å². The van der Waals surface area contributed by atoms with Crippen LogP contribution in [0.4, 0.5) is 11.4 Å². The summed E-state index contributed by atoms with van der Waals surface area (Å²) < 4.78 is 10.8. The number of esters is 1. The summed E-state index contributed by atoms with van der Waals surface area (Å²) in [5, 5.41) is 2.94. The van der Waals surface area contributed by atoms with Gasteiger partial charge in [-0.25, -0.2) is 4.79 Å². The van der Waals surface area contributed by atoms with Gasteiger partial charge in [0.15, 0.2) is 0 Å². The molecule has 2 rings (SSSR count). The molecule has 2 aromatic rings. The number of para-hydroxylation sites is 1. The molecule has 21 heavy (non-hydrogen) atoms. The average molecular weight is 286 g/mol. The molecule has 3 N–H and O–H groups in total. The van der Waals surface area contributed by atoms with Gasteiger partial charge in [-0.15, -0.1) is 0 Å². The first-order chi connectivity index (χ1) is 10.2. The van der Waals surface area contributed by atoms with E-state index < -0.39 is 5.97 Å². The summed E-state index contributed by atoms with van der Waals surface area (Å²) in [6.45, 7) is 2.32. The van der Waals surface area contributed by atoms with Crippen molar-refractivity contribution >= 4 is 17.3 Å². The van der Waals surface area contributed by atoms with E-state index in [2.05, 4.69) is 5.32 Å². The third-order valence-corrected chi connectivity index (χ3v) is 2.90. The molecule has 110 valence electrons. The Kier molecular flexibility index (Phi) is 4.66. The summed E-state index contributed by atoms with van der Waals surface area (Å²) in [6.07, 6.45) is 0. The van der Waals surface area contributed by atoms with Crippen molar-refractivity contribution in [2.45, 2.75) is 6.92 Å². The molecular formula is C16H18N2O3. The van der Waals surface area contributed by atoms with Crippen LogP contribution in [0.3, 0.4) is 0 Å². The van der Waals surface area contributed by atoms with Gasteiger partial charge < -0.3 is 20.5 Å². The molecule has 0 bridgehead atoms. The van der Waals surface area contributed by atoms with Crippen molar-refractivity contribution in [3.63, 3.8) is 0 Å². The highest BCUT2D eigenvalue weighted by Gasteiger charge is 2.15. The topological polar surface area (TPSA) is 73.6 Å². The molecule has 0 atom stereocenters. The molecule has 0 spiro atoms. The lowest BCUT2D eigenvalue weighted by Crippen LogP contribution is -2.11. The molecule has 0 saturated carbocycles. The maximum absolute atomic E-state index is 12.2. The zero-order valence-corrected chi connectivity index (χ0v) is 12.1. The molecule has 0 heterocycles. The average Bonchev–Trinajstić information content (AvgIpc) is 2.50. The number of hydrogen-bond donors (Lipinski definition) is 2. The van der Waals surface area contributed by atoms with Crippen LogP contribution in [-0.4, -0.2) is 19.6 Å². The van der Waals surface area contributed by atoms with Crippen molar-refractivity contribution in [1.29, 1.82) is 0 Å². The largest absolute Gasteiger partial charge is 0.492 e. The number of nitrogens with one attached hydrogen (secondary N) is 1. The number of carbonyl (C=O) groups is 1. The van der Waals surface area contributed by atoms with Crippen molar-refractivity contribution < 1.29 is 14.3 Å². The van der Waals surface area contributed by atoms with E-state index in [1.54, 1.807) is 43.4 Å². The summed E-state index contributed by atoms with van der Waals surface area (Å²) in [5.74, 6) is 0.492. The zero-order valence-electron chi connectivity index (χ0n) is 12.1. The molecule has 5 heteroatoms. The number of carbonyl (C=O) groups excluding carboxylic acids is 1. The van der Waals surface area contributed by atoms with Crippen LogP contribution in [0, 0.1) is 0 Å². The first-order valence-corrected chi connectivity index (χ1v) is 6.67. The smallest absolute Gasteiger partial charge is 0.343 e. The van der Waals surface area contributed by atoms with E-state index in [1.165, 1.54) is 0 Å². The second-order valence-electron chi connectivity index (χ2n) is 4.32. The lowest BCUT2D eigenvalue weighted by Gasteiger charge is -2.13. The van der Waals surface area contributed by atoms with Crippen LogP contribution in [0.2, 0.25) is 0 Å². The number of anilines is 2. The maximum atomic E-state index is 12.2. The monoisotopic (exact) mass is 286 g/mol. The fraction of sp³-hybridized carbons (Fsp3) is 0.188. The fourth-order valence-corrected chi connectivity index (χ4v) is 1.88. The lowest BCUT2D eigenvalue weighted by molar-refractivity contribution is 0.0734. The maximum Gasteiger partial charge on any atom is 0.343 e. The van der Waals surface area contributed by atoms with Crippen LogP contribution in [0.5, 0.6) is 11.5 Å². The second-order valence-corrected chi connectivity index (χ2v) is 4.32. The molecule has 0 amide bonds. The first kappa shape index (κ1) is 14.7. The molecule has 5 nitrogen and oxygen atoms in total. The van der Waals surface area contributed by atoms with Gasteiger partial charge in [-0.05, 0) is 31.2 Å². The summed E-state index contributed by atoms with van der Waals surface area (Å²) in [6, 6.07) is 12.1. The number of hydrogen-bond acceptors (Lipinski definition) is 5. The van der Waals surface area contributed by atoms with Gasteiger partial charge in [0.25, 0.3) is 0 Å². The number of nitrogen functional groups attached to an aromatic ring is 1. The number of benzene rings is 2. The molecule has 0 aliphatic rings. The summed E-state index contributed by atoms with van der Waals surface area (Å²) in [5.41, 5.74) is 7.43. The minimum atomic E-state index is -0.460. The van der Waals surface area contributed by atoms with E-state index in [9.17, 15) is 4.79 Å². The molecular weight excluding hydrogens is 268 g/mol. The second kappa shape index (κ2) is 6.65. The van der Waals surface area contributed by atoms with Crippen molar-refractivity contribution in [2.24, 2.45) is 0 Å². The molecule has 2 aromatic carbocycles. The Balaban J connectivity index is 2.30. The van der Waals surface area contributed by atoms with Crippen LogP contribution in [0.15, 0.2) is 42.5 Å². The predicted octanol–water partition coefficient (Wildman–Crippen LogP) is 2.93. The van der Waals surface area contributed by atoms with Crippen molar-refractivity contribution in [1.82, 2.24) is 0 Å². The fourth-order valence-electron chi connectivity index (χ4n) is 1.88. The van der Waals surface area contributed by atoms with Gasteiger partial charge >= 0.3 is 5.97 Å². The summed E-state index contributed by atoms with van der Waals surface area (Å²) in [7, 11) is 1.73. The van der Waals surface area contributed by atoms with E-state index in [0.717, 1.165) is 0 Å². The van der Waals surface area contributed by atoms with Crippen molar-refractivity contribution in [3.05, 3.63) is 48.0 Å². The summed E-state index contributed by atoms with van der Waals surface area (Å²) >= 11 is 0. The minimum Gasteiger partial charge on any atom is -0.492 e. The Morgan fingerprint density at radius 1 is 1.24 bits per heavy atom. The van der Waals surface area contributed by atoms with Gasteiger partial charge in [0.05, 0.1) is 23.5 Å². The van der Waals surface area contributed by atoms with Gasteiger partial charge in [0.2, 0.25) is 0 Å². The number of nitrogens with two attached hydrogens (primary N) is 1. The Morgan fingerprint density at radius 2 is 1.95 bits per heavy atom. The van der Waals surface area contributed by atoms with E-state index >= 15 is 0 Å². The predicted molar refractivity (Wildman–Crippen MR) is 83.0 cm³/mol. The highest BCUT2D eigenvalue weighted by atomic mass is 16.5. The summed E-state index contributed by atoms with van der Waals surface area (Å²) in [4.78, 5) is 12.2. The third-order valence-electron chi connectivity index (χ3n) is 2.90. The van der Waals surface area contributed by atoms with E-state index in [-0.39, 0.29) is 0 Å². The Bertz CT molecular complexity index is 627. The van der Waals surface area contributed by atoms with Gasteiger partial charge in [-0.3, -0.25) is 0 Å². The quantitative estimate of drug-likeness (QED) is 0.502. The van der Waals surface area contributed by atoms with Crippen molar-refractivity contribution in [3.8, 4) is 11.5 Å². The SMILES string of the molecule is CCOc1cc(C(=O)Oc2ccccc2)cc(NC)c1N. The van der Waals surface area contributed by atoms with E-state index in [0.29, 0.717) is 35.0 Å². The van der Waals surface area contributed by atoms with Gasteiger partial charge in [-0.2, -0.15) is 0 Å². The Labute approximate surface area is 123 Å².